The first-order chi connectivity index (χ1) is 8.50. The van der Waals surface area contributed by atoms with Gasteiger partial charge in [-0.25, -0.2) is 13.2 Å². The summed E-state index contributed by atoms with van der Waals surface area (Å²) in [5, 5.41) is 11.6. The molecule has 0 aliphatic heterocycles. The lowest BCUT2D eigenvalue weighted by molar-refractivity contribution is 0.0188. The number of alkyl halides is 2. The number of hydrogen-bond acceptors (Lipinski definition) is 3. The van der Waals surface area contributed by atoms with Gasteiger partial charge in [0.2, 0.25) is 0 Å². The second-order valence-electron chi connectivity index (χ2n) is 3.38. The van der Waals surface area contributed by atoms with Crippen LogP contribution in [0.3, 0.4) is 0 Å². The standard InChI is InChI=1S/C11H12F3NO3/c12-7-1-2-9(16)8(5-7)11(17)15-3-4-18-6-10(13)14/h1-2,5,10,16H,3-4,6H2,(H,15,17). The van der Waals surface area contributed by atoms with Crippen LogP contribution < -0.4 is 5.32 Å². The van der Waals surface area contributed by atoms with Crippen molar-refractivity contribution in [1.82, 2.24) is 5.32 Å². The molecule has 4 nitrogen and oxygen atoms in total. The first kappa shape index (κ1) is 14.3. The highest BCUT2D eigenvalue weighted by atomic mass is 19.3. The fourth-order valence-electron chi connectivity index (χ4n) is 1.19. The summed E-state index contributed by atoms with van der Waals surface area (Å²) in [4.78, 5) is 11.5. The third-order valence-corrected chi connectivity index (χ3v) is 1.98. The summed E-state index contributed by atoms with van der Waals surface area (Å²) in [6, 6.07) is 2.94. The van der Waals surface area contributed by atoms with Crippen molar-refractivity contribution in [2.45, 2.75) is 6.43 Å². The predicted molar refractivity (Wildman–Crippen MR) is 57.2 cm³/mol. The van der Waals surface area contributed by atoms with Crippen LogP contribution in [0.2, 0.25) is 0 Å². The topological polar surface area (TPSA) is 58.6 Å². The molecule has 0 saturated carbocycles. The smallest absolute Gasteiger partial charge is 0.261 e. The molecular weight excluding hydrogens is 251 g/mol. The third-order valence-electron chi connectivity index (χ3n) is 1.98. The van der Waals surface area contributed by atoms with Crippen molar-refractivity contribution in [2.24, 2.45) is 0 Å². The van der Waals surface area contributed by atoms with E-state index in [1.807, 2.05) is 0 Å². The number of carbonyl (C=O) groups excluding carboxylic acids is 1. The van der Waals surface area contributed by atoms with Gasteiger partial charge in [-0.3, -0.25) is 4.79 Å². The largest absolute Gasteiger partial charge is 0.507 e. The van der Waals surface area contributed by atoms with Gasteiger partial charge in [0.1, 0.15) is 18.2 Å². The molecule has 0 aliphatic carbocycles. The first-order valence-electron chi connectivity index (χ1n) is 5.13. The number of phenolic OH excluding ortho intramolecular Hbond substituents is 1. The number of ether oxygens (including phenoxy) is 1. The number of benzene rings is 1. The van der Waals surface area contributed by atoms with Gasteiger partial charge >= 0.3 is 0 Å². The van der Waals surface area contributed by atoms with Crippen LogP contribution in [0, 0.1) is 5.82 Å². The minimum Gasteiger partial charge on any atom is -0.507 e. The van der Waals surface area contributed by atoms with Crippen LogP contribution in [-0.4, -0.2) is 37.2 Å². The highest BCUT2D eigenvalue weighted by Crippen LogP contribution is 2.17. The maximum absolute atomic E-state index is 12.8. The van der Waals surface area contributed by atoms with E-state index in [1.54, 1.807) is 0 Å². The minimum absolute atomic E-state index is 0.0124. The Morgan fingerprint density at radius 3 is 2.83 bits per heavy atom. The normalized spacial score (nSPS) is 10.7. The summed E-state index contributed by atoms with van der Waals surface area (Å²) in [7, 11) is 0. The Balaban J connectivity index is 2.39. The molecule has 0 saturated heterocycles. The Labute approximate surface area is 101 Å². The average molecular weight is 263 g/mol. The molecule has 0 heterocycles. The zero-order valence-electron chi connectivity index (χ0n) is 9.33. The van der Waals surface area contributed by atoms with Gasteiger partial charge in [-0.15, -0.1) is 0 Å². The van der Waals surface area contributed by atoms with Crippen molar-refractivity contribution in [3.05, 3.63) is 29.6 Å². The molecule has 1 aromatic rings. The number of nitrogens with one attached hydrogen (secondary N) is 1. The second-order valence-corrected chi connectivity index (χ2v) is 3.38. The van der Waals surface area contributed by atoms with E-state index in [2.05, 4.69) is 10.1 Å². The Kier molecular flexibility index (Phi) is 5.44. The van der Waals surface area contributed by atoms with Gasteiger partial charge in [-0.05, 0) is 18.2 Å². The number of aromatic hydroxyl groups is 1. The number of hydrogen-bond donors (Lipinski definition) is 2. The van der Waals surface area contributed by atoms with Crippen LogP contribution in [0.4, 0.5) is 13.2 Å². The monoisotopic (exact) mass is 263 g/mol. The van der Waals surface area contributed by atoms with Crippen LogP contribution >= 0.6 is 0 Å². The van der Waals surface area contributed by atoms with E-state index in [9.17, 15) is 23.1 Å². The maximum atomic E-state index is 12.8. The molecule has 18 heavy (non-hydrogen) atoms. The van der Waals surface area contributed by atoms with E-state index < -0.39 is 24.8 Å². The van der Waals surface area contributed by atoms with Gasteiger partial charge in [0.15, 0.2) is 0 Å². The summed E-state index contributed by atoms with van der Waals surface area (Å²) in [6.07, 6.45) is -2.56. The molecule has 0 unspecified atom stereocenters. The second kappa shape index (κ2) is 6.85. The van der Waals surface area contributed by atoms with Crippen molar-refractivity contribution in [3.63, 3.8) is 0 Å². The number of halogens is 3. The number of rotatable bonds is 6. The molecule has 100 valence electrons. The lowest BCUT2D eigenvalue weighted by atomic mass is 10.2. The van der Waals surface area contributed by atoms with E-state index in [4.69, 9.17) is 0 Å². The fraction of sp³-hybridized carbons (Fsp3) is 0.364. The van der Waals surface area contributed by atoms with E-state index in [-0.39, 0.29) is 24.5 Å². The summed E-state index contributed by atoms with van der Waals surface area (Å²) < 4.78 is 40.8. The molecule has 0 bridgehead atoms. The third kappa shape index (κ3) is 4.62. The van der Waals surface area contributed by atoms with Crippen molar-refractivity contribution < 1.29 is 27.8 Å². The molecule has 0 spiro atoms. The molecule has 1 rings (SSSR count). The highest BCUT2D eigenvalue weighted by molar-refractivity contribution is 5.96. The van der Waals surface area contributed by atoms with Crippen LogP contribution in [0.15, 0.2) is 18.2 Å². The fourth-order valence-corrected chi connectivity index (χ4v) is 1.19. The van der Waals surface area contributed by atoms with E-state index in [0.29, 0.717) is 0 Å². The average Bonchev–Trinajstić information content (AvgIpc) is 2.31. The highest BCUT2D eigenvalue weighted by Gasteiger charge is 2.11. The van der Waals surface area contributed by atoms with Crippen molar-refractivity contribution in [1.29, 1.82) is 0 Å². The van der Waals surface area contributed by atoms with Crippen molar-refractivity contribution in [3.8, 4) is 5.75 Å². The Morgan fingerprint density at radius 1 is 1.44 bits per heavy atom. The van der Waals surface area contributed by atoms with Crippen LogP contribution in [0.1, 0.15) is 10.4 Å². The van der Waals surface area contributed by atoms with Gasteiger partial charge in [0.05, 0.1) is 12.2 Å². The Bertz CT molecular complexity index is 413. The summed E-state index contributed by atoms with van der Waals surface area (Å²) >= 11 is 0. The molecule has 0 aromatic heterocycles. The quantitative estimate of drug-likeness (QED) is 0.765. The molecule has 1 amide bonds. The summed E-state index contributed by atoms with van der Waals surface area (Å²) in [6.45, 7) is -0.811. The zero-order chi connectivity index (χ0) is 13.5. The Morgan fingerprint density at radius 2 is 2.17 bits per heavy atom. The molecule has 7 heteroatoms. The van der Waals surface area contributed by atoms with Gasteiger partial charge < -0.3 is 15.2 Å². The molecule has 2 N–H and O–H groups in total. The number of amides is 1. The number of carbonyl (C=O) groups is 1. The molecule has 0 radical (unpaired) electrons. The molecular formula is C11H12F3NO3. The van der Waals surface area contributed by atoms with Gasteiger partial charge in [0.25, 0.3) is 12.3 Å². The van der Waals surface area contributed by atoms with Crippen LogP contribution in [0.25, 0.3) is 0 Å². The molecule has 0 aliphatic rings. The lowest BCUT2D eigenvalue weighted by Crippen LogP contribution is -2.28. The zero-order valence-corrected chi connectivity index (χ0v) is 9.33. The van der Waals surface area contributed by atoms with Crippen molar-refractivity contribution >= 4 is 5.91 Å². The van der Waals surface area contributed by atoms with Crippen molar-refractivity contribution in [2.75, 3.05) is 19.8 Å². The molecule has 0 atom stereocenters. The minimum atomic E-state index is -2.56. The van der Waals surface area contributed by atoms with E-state index >= 15 is 0 Å². The number of phenols is 1. The van der Waals surface area contributed by atoms with Crippen LogP contribution in [0.5, 0.6) is 5.75 Å². The van der Waals surface area contributed by atoms with Crippen LogP contribution in [-0.2, 0) is 4.74 Å². The van der Waals surface area contributed by atoms with E-state index in [0.717, 1.165) is 18.2 Å². The van der Waals surface area contributed by atoms with Gasteiger partial charge in [0, 0.05) is 6.54 Å². The SMILES string of the molecule is O=C(NCCOCC(F)F)c1cc(F)ccc1O. The lowest BCUT2D eigenvalue weighted by Gasteiger charge is -2.07. The first-order valence-corrected chi connectivity index (χ1v) is 5.13. The maximum Gasteiger partial charge on any atom is 0.261 e. The summed E-state index contributed by atoms with van der Waals surface area (Å²) in [5.41, 5.74) is -0.219. The van der Waals surface area contributed by atoms with E-state index in [1.165, 1.54) is 0 Å². The predicted octanol–water partition coefficient (Wildman–Crippen LogP) is 1.54. The van der Waals surface area contributed by atoms with Gasteiger partial charge in [-0.1, -0.05) is 0 Å². The summed E-state index contributed by atoms with van der Waals surface area (Å²) in [5.74, 6) is -1.72. The molecule has 1 aromatic carbocycles. The molecule has 0 fully saturated rings. The Hall–Kier alpha value is -1.76. The van der Waals surface area contributed by atoms with Gasteiger partial charge in [-0.2, -0.15) is 0 Å².